The quantitative estimate of drug-likeness (QED) is 0.648. The lowest BCUT2D eigenvalue weighted by molar-refractivity contribution is 0.0916. The largest absolute Gasteiger partial charge is 0.332 e. The predicted molar refractivity (Wildman–Crippen MR) is 114 cm³/mol. The number of nitrogens with zero attached hydrogens (tertiary/aromatic N) is 4. The van der Waals surface area contributed by atoms with Gasteiger partial charge in [0.2, 0.25) is 0 Å². The Bertz CT molecular complexity index is 1110. The molecule has 29 heavy (non-hydrogen) atoms. The van der Waals surface area contributed by atoms with Gasteiger partial charge in [-0.2, -0.15) is 20.3 Å². The summed E-state index contributed by atoms with van der Waals surface area (Å²) in [7, 11) is 0. The highest BCUT2D eigenvalue weighted by Crippen LogP contribution is 2.25. The van der Waals surface area contributed by atoms with Crippen molar-refractivity contribution in [3.05, 3.63) is 57.6 Å². The smallest absolute Gasteiger partial charge is 0.252 e. The number of carbonyl (C=O) groups is 1. The number of benzene rings is 2. The van der Waals surface area contributed by atoms with Crippen LogP contribution in [-0.2, 0) is 12.0 Å². The first-order valence-electron chi connectivity index (χ1n) is 9.05. The number of hydrogen-bond acceptors (Lipinski definition) is 4. The van der Waals surface area contributed by atoms with Crippen LogP contribution in [-0.4, -0.2) is 26.4 Å². The topological polar surface area (TPSA) is 83.6 Å². The van der Waals surface area contributed by atoms with Gasteiger partial charge in [-0.15, -0.1) is 0 Å². The summed E-state index contributed by atoms with van der Waals surface area (Å²) in [5.41, 5.74) is 1.39. The molecule has 3 rings (SSSR count). The van der Waals surface area contributed by atoms with Crippen LogP contribution in [0.1, 0.15) is 43.6 Å². The van der Waals surface area contributed by atoms with Crippen LogP contribution in [0.2, 0.25) is 10.0 Å². The molecule has 2 aromatic carbocycles. The summed E-state index contributed by atoms with van der Waals surface area (Å²) >= 11 is 12.2. The number of nitriles is 1. The fraction of sp³-hybridized carbons (Fsp3) is 0.333. The maximum atomic E-state index is 12.7. The molecule has 1 aromatic heterocycles. The summed E-state index contributed by atoms with van der Waals surface area (Å²) in [5, 5.41) is 21.9. The molecule has 0 aliphatic heterocycles. The zero-order valence-corrected chi connectivity index (χ0v) is 18.1. The molecule has 0 bridgehead atoms. The van der Waals surface area contributed by atoms with E-state index in [-0.39, 0.29) is 17.9 Å². The highest BCUT2D eigenvalue weighted by Gasteiger charge is 2.29. The predicted octanol–water partition coefficient (Wildman–Crippen LogP) is 4.75. The van der Waals surface area contributed by atoms with Gasteiger partial charge in [-0.1, -0.05) is 56.1 Å². The van der Waals surface area contributed by atoms with Crippen molar-refractivity contribution in [3.8, 4) is 6.07 Å². The molecular weight excluding hydrogens is 409 g/mol. The van der Waals surface area contributed by atoms with Crippen LogP contribution in [0.4, 0.5) is 0 Å². The van der Waals surface area contributed by atoms with E-state index in [2.05, 4.69) is 42.4 Å². The highest BCUT2D eigenvalue weighted by atomic mass is 35.5. The molecular formula is C21H21Cl2N5O. The minimum absolute atomic E-state index is 0.00584. The van der Waals surface area contributed by atoms with E-state index in [1.54, 1.807) is 31.2 Å². The van der Waals surface area contributed by atoms with Crippen molar-refractivity contribution < 1.29 is 4.79 Å². The van der Waals surface area contributed by atoms with Gasteiger partial charge in [0.1, 0.15) is 16.6 Å². The van der Waals surface area contributed by atoms with Gasteiger partial charge in [-0.3, -0.25) is 4.79 Å². The van der Waals surface area contributed by atoms with Gasteiger partial charge < -0.3 is 5.32 Å². The molecule has 0 aliphatic rings. The number of nitrogens with one attached hydrogen (secondary N) is 1. The number of aromatic nitrogens is 3. The molecule has 0 aliphatic carbocycles. The summed E-state index contributed by atoms with van der Waals surface area (Å²) < 4.78 is 0. The van der Waals surface area contributed by atoms with Crippen LogP contribution in [0.25, 0.3) is 11.0 Å². The van der Waals surface area contributed by atoms with Gasteiger partial charge >= 0.3 is 0 Å². The SMILES string of the molecule is CC(C#N)(Cn1nc2cc(Cl)cc(Cl)c2n1)NC(=O)c1ccc(C(C)(C)C)cc1. The van der Waals surface area contributed by atoms with E-state index in [0.717, 1.165) is 5.56 Å². The number of amides is 1. The van der Waals surface area contributed by atoms with Gasteiger partial charge in [-0.25, -0.2) is 0 Å². The Labute approximate surface area is 179 Å². The zero-order chi connectivity index (χ0) is 21.4. The minimum Gasteiger partial charge on any atom is -0.332 e. The van der Waals surface area contributed by atoms with Gasteiger partial charge in [0.05, 0.1) is 17.6 Å². The van der Waals surface area contributed by atoms with Crippen LogP contribution in [0.15, 0.2) is 36.4 Å². The zero-order valence-electron chi connectivity index (χ0n) is 16.6. The maximum absolute atomic E-state index is 12.7. The van der Waals surface area contributed by atoms with Crippen LogP contribution in [0.5, 0.6) is 0 Å². The van der Waals surface area contributed by atoms with E-state index in [4.69, 9.17) is 23.2 Å². The normalized spacial score (nSPS) is 13.7. The number of fused-ring (bicyclic) bond motifs is 1. The second kappa shape index (κ2) is 7.66. The van der Waals surface area contributed by atoms with Crippen molar-refractivity contribution in [2.75, 3.05) is 0 Å². The number of halogens is 2. The molecule has 1 amide bonds. The van der Waals surface area contributed by atoms with Gasteiger partial charge in [-0.05, 0) is 42.2 Å². The van der Waals surface area contributed by atoms with Crippen molar-refractivity contribution in [1.82, 2.24) is 20.3 Å². The number of rotatable bonds is 4. The standard InChI is InChI=1S/C21H21Cl2N5O/c1-20(2,3)14-7-5-13(6-8-14)19(29)25-21(4,11-24)12-28-26-17-10-15(22)9-16(23)18(17)27-28/h5-10H,12H2,1-4H3,(H,25,29). The van der Waals surface area contributed by atoms with Gasteiger partial charge in [0.25, 0.3) is 5.91 Å². The van der Waals surface area contributed by atoms with Crippen LogP contribution >= 0.6 is 23.2 Å². The van der Waals surface area contributed by atoms with Crippen molar-refractivity contribution in [2.24, 2.45) is 0 Å². The van der Waals surface area contributed by atoms with Gasteiger partial charge in [0.15, 0.2) is 0 Å². The Morgan fingerprint density at radius 2 is 1.79 bits per heavy atom. The molecule has 0 fully saturated rings. The molecule has 0 radical (unpaired) electrons. The molecule has 6 nitrogen and oxygen atoms in total. The second-order valence-electron chi connectivity index (χ2n) is 8.21. The lowest BCUT2D eigenvalue weighted by atomic mass is 9.86. The molecule has 1 heterocycles. The first-order chi connectivity index (χ1) is 13.5. The minimum atomic E-state index is -1.22. The molecule has 1 atom stereocenters. The molecule has 0 saturated heterocycles. The average molecular weight is 430 g/mol. The van der Waals surface area contributed by atoms with Crippen LogP contribution in [0.3, 0.4) is 0 Å². The van der Waals surface area contributed by atoms with Crippen molar-refractivity contribution in [2.45, 2.75) is 45.2 Å². The monoisotopic (exact) mass is 429 g/mol. The van der Waals surface area contributed by atoms with Crippen LogP contribution in [0, 0.1) is 11.3 Å². The van der Waals surface area contributed by atoms with Crippen LogP contribution < -0.4 is 5.32 Å². The van der Waals surface area contributed by atoms with E-state index in [9.17, 15) is 10.1 Å². The molecule has 8 heteroatoms. The summed E-state index contributed by atoms with van der Waals surface area (Å²) in [6.45, 7) is 7.99. The summed E-state index contributed by atoms with van der Waals surface area (Å²) in [5.74, 6) is -0.340. The molecule has 1 N–H and O–H groups in total. The van der Waals surface area contributed by atoms with E-state index < -0.39 is 5.54 Å². The van der Waals surface area contributed by atoms with E-state index >= 15 is 0 Å². The first-order valence-corrected chi connectivity index (χ1v) is 9.80. The summed E-state index contributed by atoms with van der Waals surface area (Å²) in [4.78, 5) is 14.0. The Kier molecular flexibility index (Phi) is 5.57. The lowest BCUT2D eigenvalue weighted by Crippen LogP contribution is -2.48. The van der Waals surface area contributed by atoms with Crippen molar-refractivity contribution in [3.63, 3.8) is 0 Å². The lowest BCUT2D eigenvalue weighted by Gasteiger charge is -2.23. The van der Waals surface area contributed by atoms with E-state index in [1.165, 1.54) is 4.80 Å². The maximum Gasteiger partial charge on any atom is 0.252 e. The van der Waals surface area contributed by atoms with Gasteiger partial charge in [0, 0.05) is 10.6 Å². The Balaban J connectivity index is 1.80. The highest BCUT2D eigenvalue weighted by molar-refractivity contribution is 6.38. The summed E-state index contributed by atoms with van der Waals surface area (Å²) in [6, 6.07) is 12.7. The average Bonchev–Trinajstić information content (AvgIpc) is 3.03. The molecule has 3 aromatic rings. The number of carbonyl (C=O) groups excluding carboxylic acids is 1. The third-order valence-corrected chi connectivity index (χ3v) is 5.06. The molecule has 150 valence electrons. The molecule has 1 unspecified atom stereocenters. The van der Waals surface area contributed by atoms with E-state index in [1.807, 2.05) is 12.1 Å². The van der Waals surface area contributed by atoms with Crippen molar-refractivity contribution >= 4 is 40.1 Å². The Hall–Kier alpha value is -2.62. The van der Waals surface area contributed by atoms with Crippen molar-refractivity contribution in [1.29, 1.82) is 5.26 Å². The molecule has 0 saturated carbocycles. The third kappa shape index (κ3) is 4.69. The first kappa shape index (κ1) is 21.1. The fourth-order valence-corrected chi connectivity index (χ4v) is 3.41. The third-order valence-electron chi connectivity index (χ3n) is 4.55. The number of hydrogen-bond donors (Lipinski definition) is 1. The van der Waals surface area contributed by atoms with E-state index in [0.29, 0.717) is 26.6 Å². The second-order valence-corrected chi connectivity index (χ2v) is 9.05. The molecule has 0 spiro atoms. The Morgan fingerprint density at radius 3 is 2.38 bits per heavy atom. The summed E-state index contributed by atoms with van der Waals surface area (Å²) in [6.07, 6.45) is 0. The fourth-order valence-electron chi connectivity index (χ4n) is 2.89. The Morgan fingerprint density at radius 1 is 1.14 bits per heavy atom.